The van der Waals surface area contributed by atoms with E-state index in [2.05, 4.69) is 4.98 Å². The number of furan rings is 1. The first-order chi connectivity index (χ1) is 11.1. The number of H-pyrrole nitrogens is 1. The molecule has 0 saturated carbocycles. The third-order valence-corrected chi connectivity index (χ3v) is 3.84. The SMILES string of the molecule is CCN(Cc1cc2ccc(C)cc2[nH]c1=O)C(=O)c1ccco1. The summed E-state index contributed by atoms with van der Waals surface area (Å²) in [7, 11) is 0. The van der Waals surface area contributed by atoms with Crippen LogP contribution in [0.3, 0.4) is 0 Å². The summed E-state index contributed by atoms with van der Waals surface area (Å²) in [6.07, 6.45) is 1.46. The van der Waals surface area contributed by atoms with Crippen molar-refractivity contribution in [2.75, 3.05) is 6.54 Å². The Bertz CT molecular complexity index is 894. The van der Waals surface area contributed by atoms with Gasteiger partial charge in [0.15, 0.2) is 5.76 Å². The van der Waals surface area contributed by atoms with E-state index in [-0.39, 0.29) is 23.8 Å². The van der Waals surface area contributed by atoms with E-state index in [1.807, 2.05) is 38.1 Å². The van der Waals surface area contributed by atoms with Crippen molar-refractivity contribution in [1.29, 1.82) is 0 Å². The van der Waals surface area contributed by atoms with E-state index in [0.29, 0.717) is 12.1 Å². The monoisotopic (exact) mass is 310 g/mol. The summed E-state index contributed by atoms with van der Waals surface area (Å²) >= 11 is 0. The minimum Gasteiger partial charge on any atom is -0.459 e. The fraction of sp³-hybridized carbons (Fsp3) is 0.222. The predicted molar refractivity (Wildman–Crippen MR) is 88.4 cm³/mol. The van der Waals surface area contributed by atoms with Crippen molar-refractivity contribution in [2.24, 2.45) is 0 Å². The first-order valence-electron chi connectivity index (χ1n) is 7.54. The number of hydrogen-bond donors (Lipinski definition) is 1. The van der Waals surface area contributed by atoms with Crippen LogP contribution in [0.4, 0.5) is 0 Å². The van der Waals surface area contributed by atoms with Gasteiger partial charge < -0.3 is 14.3 Å². The highest BCUT2D eigenvalue weighted by Crippen LogP contribution is 2.15. The zero-order valence-electron chi connectivity index (χ0n) is 13.1. The van der Waals surface area contributed by atoms with E-state index in [1.54, 1.807) is 17.0 Å². The summed E-state index contributed by atoms with van der Waals surface area (Å²) in [5.41, 5.74) is 2.28. The van der Waals surface area contributed by atoms with Crippen LogP contribution in [0.1, 0.15) is 28.6 Å². The van der Waals surface area contributed by atoms with E-state index >= 15 is 0 Å². The summed E-state index contributed by atoms with van der Waals surface area (Å²) < 4.78 is 5.15. The first kappa shape index (κ1) is 15.1. The molecule has 0 fully saturated rings. The lowest BCUT2D eigenvalue weighted by Gasteiger charge is -2.19. The van der Waals surface area contributed by atoms with Crippen LogP contribution < -0.4 is 5.56 Å². The van der Waals surface area contributed by atoms with Crippen molar-refractivity contribution in [1.82, 2.24) is 9.88 Å². The molecular weight excluding hydrogens is 292 g/mol. The van der Waals surface area contributed by atoms with Crippen molar-refractivity contribution in [2.45, 2.75) is 20.4 Å². The molecule has 0 aliphatic carbocycles. The molecule has 5 nitrogen and oxygen atoms in total. The van der Waals surface area contributed by atoms with Crippen LogP contribution in [0.15, 0.2) is 51.9 Å². The molecule has 3 aromatic rings. The number of carbonyl (C=O) groups excluding carboxylic acids is 1. The van der Waals surface area contributed by atoms with Crippen molar-refractivity contribution in [3.63, 3.8) is 0 Å². The quantitative estimate of drug-likeness (QED) is 0.805. The topological polar surface area (TPSA) is 66.3 Å². The number of nitrogens with one attached hydrogen (secondary N) is 1. The Morgan fingerprint density at radius 2 is 2.09 bits per heavy atom. The predicted octanol–water partition coefficient (Wildman–Crippen LogP) is 3.09. The van der Waals surface area contributed by atoms with E-state index in [4.69, 9.17) is 4.42 Å². The fourth-order valence-electron chi connectivity index (χ4n) is 2.57. The molecule has 0 atom stereocenters. The number of aromatic amines is 1. The van der Waals surface area contributed by atoms with Crippen LogP contribution in [0.2, 0.25) is 0 Å². The van der Waals surface area contributed by atoms with Crippen LogP contribution in [-0.4, -0.2) is 22.3 Å². The van der Waals surface area contributed by atoms with Gasteiger partial charge in [0.2, 0.25) is 0 Å². The van der Waals surface area contributed by atoms with E-state index in [0.717, 1.165) is 16.5 Å². The third kappa shape index (κ3) is 3.04. The second-order valence-electron chi connectivity index (χ2n) is 5.51. The van der Waals surface area contributed by atoms with Gasteiger partial charge in [-0.15, -0.1) is 0 Å². The average molecular weight is 310 g/mol. The highest BCUT2D eigenvalue weighted by molar-refractivity contribution is 5.91. The second-order valence-corrected chi connectivity index (χ2v) is 5.51. The maximum atomic E-state index is 12.4. The van der Waals surface area contributed by atoms with Crippen LogP contribution in [0, 0.1) is 6.92 Å². The highest BCUT2D eigenvalue weighted by Gasteiger charge is 2.18. The average Bonchev–Trinajstić information content (AvgIpc) is 3.06. The van der Waals surface area contributed by atoms with Gasteiger partial charge in [0.05, 0.1) is 12.8 Å². The molecule has 0 spiro atoms. The van der Waals surface area contributed by atoms with Gasteiger partial charge in [0, 0.05) is 17.6 Å². The molecule has 1 amide bonds. The molecule has 118 valence electrons. The van der Waals surface area contributed by atoms with E-state index in [1.165, 1.54) is 6.26 Å². The molecule has 1 aromatic carbocycles. The number of fused-ring (bicyclic) bond motifs is 1. The number of nitrogens with zero attached hydrogens (tertiary/aromatic N) is 1. The molecule has 0 radical (unpaired) electrons. The van der Waals surface area contributed by atoms with Gasteiger partial charge in [-0.2, -0.15) is 0 Å². The highest BCUT2D eigenvalue weighted by atomic mass is 16.3. The summed E-state index contributed by atoms with van der Waals surface area (Å²) in [4.78, 5) is 29.1. The largest absolute Gasteiger partial charge is 0.459 e. The number of rotatable bonds is 4. The van der Waals surface area contributed by atoms with Gasteiger partial charge in [-0.1, -0.05) is 12.1 Å². The van der Waals surface area contributed by atoms with Crippen LogP contribution >= 0.6 is 0 Å². The number of pyridine rings is 1. The van der Waals surface area contributed by atoms with Crippen LogP contribution in [0.5, 0.6) is 0 Å². The molecule has 2 aromatic heterocycles. The zero-order chi connectivity index (χ0) is 16.4. The van der Waals surface area contributed by atoms with E-state index < -0.39 is 0 Å². The molecule has 0 aliphatic rings. The fourth-order valence-corrected chi connectivity index (χ4v) is 2.57. The maximum Gasteiger partial charge on any atom is 0.289 e. The minimum atomic E-state index is -0.221. The van der Waals surface area contributed by atoms with Gasteiger partial charge in [0.1, 0.15) is 0 Å². The number of benzene rings is 1. The summed E-state index contributed by atoms with van der Waals surface area (Å²) in [6.45, 7) is 4.59. The molecule has 5 heteroatoms. The lowest BCUT2D eigenvalue weighted by molar-refractivity contribution is 0.0720. The molecule has 3 rings (SSSR count). The third-order valence-electron chi connectivity index (χ3n) is 3.84. The zero-order valence-corrected chi connectivity index (χ0v) is 13.1. The standard InChI is InChI=1S/C18H18N2O3/c1-3-20(18(22)16-5-4-8-23-16)11-14-10-13-7-6-12(2)9-15(13)19-17(14)21/h4-10H,3,11H2,1-2H3,(H,19,21). The molecule has 0 aliphatic heterocycles. The lowest BCUT2D eigenvalue weighted by Crippen LogP contribution is -2.32. The normalized spacial score (nSPS) is 10.9. The summed E-state index contributed by atoms with van der Waals surface area (Å²) in [5, 5.41) is 0.951. The Balaban J connectivity index is 1.93. The Hall–Kier alpha value is -2.82. The van der Waals surface area contributed by atoms with Crippen LogP contribution in [-0.2, 0) is 6.54 Å². The molecule has 0 unspecified atom stereocenters. The number of carbonyl (C=O) groups is 1. The molecule has 0 bridgehead atoms. The van der Waals surface area contributed by atoms with Crippen molar-refractivity contribution in [3.8, 4) is 0 Å². The number of amides is 1. The first-order valence-corrected chi connectivity index (χ1v) is 7.54. The van der Waals surface area contributed by atoms with Gasteiger partial charge in [-0.25, -0.2) is 0 Å². The molecule has 1 N–H and O–H groups in total. The van der Waals surface area contributed by atoms with Crippen molar-refractivity contribution in [3.05, 3.63) is 69.9 Å². The minimum absolute atomic E-state index is 0.172. The number of aromatic nitrogens is 1. The maximum absolute atomic E-state index is 12.4. The molecule has 23 heavy (non-hydrogen) atoms. The number of hydrogen-bond acceptors (Lipinski definition) is 3. The van der Waals surface area contributed by atoms with Gasteiger partial charge in [-0.05, 0) is 49.1 Å². The van der Waals surface area contributed by atoms with Gasteiger partial charge >= 0.3 is 0 Å². The lowest BCUT2D eigenvalue weighted by atomic mass is 10.1. The van der Waals surface area contributed by atoms with Gasteiger partial charge in [-0.3, -0.25) is 9.59 Å². The summed E-state index contributed by atoms with van der Waals surface area (Å²) in [5.74, 6) is 0.0561. The Kier molecular flexibility index (Phi) is 4.02. The Morgan fingerprint density at radius 1 is 1.26 bits per heavy atom. The Morgan fingerprint density at radius 3 is 2.78 bits per heavy atom. The van der Waals surface area contributed by atoms with Crippen molar-refractivity contribution >= 4 is 16.8 Å². The molecule has 2 heterocycles. The van der Waals surface area contributed by atoms with E-state index in [9.17, 15) is 9.59 Å². The Labute approximate surface area is 133 Å². The summed E-state index contributed by atoms with van der Waals surface area (Å²) in [6, 6.07) is 11.0. The van der Waals surface area contributed by atoms with Crippen LogP contribution in [0.25, 0.3) is 10.9 Å². The molecular formula is C18H18N2O3. The molecule has 0 saturated heterocycles. The second kappa shape index (κ2) is 6.12. The van der Waals surface area contributed by atoms with Gasteiger partial charge in [0.25, 0.3) is 11.5 Å². The number of aryl methyl sites for hydroxylation is 1. The smallest absolute Gasteiger partial charge is 0.289 e. The van der Waals surface area contributed by atoms with Crippen molar-refractivity contribution < 1.29 is 9.21 Å².